The molecule has 2 aromatic rings. The van der Waals surface area contributed by atoms with Crippen LogP contribution in [0.25, 0.3) is 11.3 Å². The second-order valence-corrected chi connectivity index (χ2v) is 5.77. The molecule has 1 saturated carbocycles. The second kappa shape index (κ2) is 6.57. The summed E-state index contributed by atoms with van der Waals surface area (Å²) in [6, 6.07) is 11.8. The van der Waals surface area contributed by atoms with Crippen LogP contribution >= 0.6 is 0 Å². The zero-order chi connectivity index (χ0) is 14.5. The summed E-state index contributed by atoms with van der Waals surface area (Å²) in [5.74, 6) is 1.41. The Morgan fingerprint density at radius 2 is 2.00 bits per heavy atom. The highest BCUT2D eigenvalue weighted by Crippen LogP contribution is 2.28. The number of anilines is 1. The van der Waals surface area contributed by atoms with Crippen molar-refractivity contribution in [2.24, 2.45) is 5.92 Å². The highest BCUT2D eigenvalue weighted by Gasteiger charge is 2.16. The summed E-state index contributed by atoms with van der Waals surface area (Å²) >= 11 is 0. The molecule has 0 saturated heterocycles. The van der Waals surface area contributed by atoms with Crippen molar-refractivity contribution in [3.05, 3.63) is 36.4 Å². The number of carbonyl (C=O) groups is 1. The first-order valence-corrected chi connectivity index (χ1v) is 7.72. The van der Waals surface area contributed by atoms with Gasteiger partial charge in [-0.25, -0.2) is 0 Å². The van der Waals surface area contributed by atoms with Crippen molar-refractivity contribution in [2.45, 2.75) is 38.5 Å². The SMILES string of the molecule is O=C(CCC1CCCC1)Nc1cc(-c2ccccc2)[nH]n1. The molecule has 1 amide bonds. The number of benzene rings is 1. The first kappa shape index (κ1) is 13.9. The molecule has 1 fully saturated rings. The second-order valence-electron chi connectivity index (χ2n) is 5.77. The van der Waals surface area contributed by atoms with E-state index in [4.69, 9.17) is 0 Å². The van der Waals surface area contributed by atoms with Gasteiger partial charge in [0.25, 0.3) is 0 Å². The third-order valence-corrected chi connectivity index (χ3v) is 4.18. The number of aromatic nitrogens is 2. The fourth-order valence-electron chi connectivity index (χ4n) is 2.99. The molecule has 1 aliphatic rings. The van der Waals surface area contributed by atoms with Crippen molar-refractivity contribution in [3.63, 3.8) is 0 Å². The molecule has 0 bridgehead atoms. The number of nitrogens with zero attached hydrogens (tertiary/aromatic N) is 1. The van der Waals surface area contributed by atoms with E-state index in [-0.39, 0.29) is 5.91 Å². The van der Waals surface area contributed by atoms with Gasteiger partial charge in [0.1, 0.15) is 0 Å². The summed E-state index contributed by atoms with van der Waals surface area (Å²) in [6.07, 6.45) is 6.82. The Morgan fingerprint density at radius 1 is 1.24 bits per heavy atom. The Hall–Kier alpha value is -2.10. The largest absolute Gasteiger partial charge is 0.309 e. The number of rotatable bonds is 5. The van der Waals surface area contributed by atoms with Gasteiger partial charge in [-0.05, 0) is 17.9 Å². The van der Waals surface area contributed by atoms with Crippen LogP contribution in [0.5, 0.6) is 0 Å². The smallest absolute Gasteiger partial charge is 0.225 e. The van der Waals surface area contributed by atoms with E-state index < -0.39 is 0 Å². The summed E-state index contributed by atoms with van der Waals surface area (Å²) in [5.41, 5.74) is 1.98. The molecule has 2 N–H and O–H groups in total. The van der Waals surface area contributed by atoms with Gasteiger partial charge in [-0.15, -0.1) is 0 Å². The van der Waals surface area contributed by atoms with Crippen LogP contribution in [0.2, 0.25) is 0 Å². The van der Waals surface area contributed by atoms with Crippen molar-refractivity contribution in [2.75, 3.05) is 5.32 Å². The van der Waals surface area contributed by atoms with E-state index in [2.05, 4.69) is 15.5 Å². The van der Waals surface area contributed by atoms with Crippen LogP contribution in [0.3, 0.4) is 0 Å². The molecule has 110 valence electrons. The highest BCUT2D eigenvalue weighted by molar-refractivity contribution is 5.90. The van der Waals surface area contributed by atoms with Gasteiger partial charge in [-0.3, -0.25) is 9.89 Å². The van der Waals surface area contributed by atoms with Crippen LogP contribution in [0.4, 0.5) is 5.82 Å². The van der Waals surface area contributed by atoms with Crippen LogP contribution in [-0.2, 0) is 4.79 Å². The van der Waals surface area contributed by atoms with Crippen molar-refractivity contribution >= 4 is 11.7 Å². The van der Waals surface area contributed by atoms with E-state index in [1.54, 1.807) is 0 Å². The molecule has 4 heteroatoms. The number of carbonyl (C=O) groups excluding carboxylic acids is 1. The molecule has 1 aromatic heterocycles. The lowest BCUT2D eigenvalue weighted by Gasteiger charge is -2.07. The lowest BCUT2D eigenvalue weighted by atomic mass is 10.0. The Kier molecular flexibility index (Phi) is 4.34. The quantitative estimate of drug-likeness (QED) is 0.871. The molecule has 21 heavy (non-hydrogen) atoms. The average molecular weight is 283 g/mol. The maximum absolute atomic E-state index is 11.9. The number of aromatic amines is 1. The van der Waals surface area contributed by atoms with Crippen molar-refractivity contribution in [1.82, 2.24) is 10.2 Å². The Bertz CT molecular complexity index is 585. The molecule has 0 unspecified atom stereocenters. The molecular weight excluding hydrogens is 262 g/mol. The van der Waals surface area contributed by atoms with E-state index in [0.717, 1.165) is 23.6 Å². The van der Waals surface area contributed by atoms with Crippen molar-refractivity contribution < 1.29 is 4.79 Å². The van der Waals surface area contributed by atoms with Crippen LogP contribution in [0.15, 0.2) is 36.4 Å². The van der Waals surface area contributed by atoms with Gasteiger partial charge in [0.2, 0.25) is 5.91 Å². The maximum Gasteiger partial charge on any atom is 0.225 e. The monoisotopic (exact) mass is 283 g/mol. The third kappa shape index (κ3) is 3.72. The molecule has 3 rings (SSSR count). The average Bonchev–Trinajstić information content (AvgIpc) is 3.17. The van der Waals surface area contributed by atoms with Crippen LogP contribution in [-0.4, -0.2) is 16.1 Å². The molecule has 1 heterocycles. The highest BCUT2D eigenvalue weighted by atomic mass is 16.1. The summed E-state index contributed by atoms with van der Waals surface area (Å²) in [7, 11) is 0. The van der Waals surface area contributed by atoms with Gasteiger partial charge in [0.15, 0.2) is 5.82 Å². The molecule has 0 radical (unpaired) electrons. The summed E-state index contributed by atoms with van der Waals surface area (Å²) < 4.78 is 0. The third-order valence-electron chi connectivity index (χ3n) is 4.18. The zero-order valence-electron chi connectivity index (χ0n) is 12.1. The molecule has 1 aliphatic carbocycles. The van der Waals surface area contributed by atoms with E-state index in [1.807, 2.05) is 36.4 Å². The van der Waals surface area contributed by atoms with E-state index >= 15 is 0 Å². The van der Waals surface area contributed by atoms with Crippen LogP contribution in [0.1, 0.15) is 38.5 Å². The van der Waals surface area contributed by atoms with Crippen molar-refractivity contribution in [1.29, 1.82) is 0 Å². The van der Waals surface area contributed by atoms with Gasteiger partial charge < -0.3 is 5.32 Å². The lowest BCUT2D eigenvalue weighted by Crippen LogP contribution is -2.12. The van der Waals surface area contributed by atoms with Gasteiger partial charge in [-0.2, -0.15) is 5.10 Å². The van der Waals surface area contributed by atoms with Crippen LogP contribution in [0, 0.1) is 5.92 Å². The minimum atomic E-state index is 0.0630. The van der Waals surface area contributed by atoms with E-state index in [0.29, 0.717) is 12.2 Å². The Labute approximate surface area is 125 Å². The Morgan fingerprint density at radius 3 is 2.76 bits per heavy atom. The van der Waals surface area contributed by atoms with Gasteiger partial charge >= 0.3 is 0 Å². The van der Waals surface area contributed by atoms with E-state index in [1.165, 1.54) is 25.7 Å². The minimum Gasteiger partial charge on any atom is -0.309 e. The number of amides is 1. The lowest BCUT2D eigenvalue weighted by molar-refractivity contribution is -0.116. The van der Waals surface area contributed by atoms with E-state index in [9.17, 15) is 4.79 Å². The van der Waals surface area contributed by atoms with Gasteiger partial charge in [0, 0.05) is 12.5 Å². The zero-order valence-corrected chi connectivity index (χ0v) is 12.1. The molecular formula is C17H21N3O. The molecule has 0 spiro atoms. The number of nitrogens with one attached hydrogen (secondary N) is 2. The summed E-state index contributed by atoms with van der Waals surface area (Å²) in [6.45, 7) is 0. The number of hydrogen-bond acceptors (Lipinski definition) is 2. The first-order chi connectivity index (χ1) is 10.3. The summed E-state index contributed by atoms with van der Waals surface area (Å²) in [4.78, 5) is 11.9. The fraction of sp³-hybridized carbons (Fsp3) is 0.412. The molecule has 1 aromatic carbocycles. The minimum absolute atomic E-state index is 0.0630. The van der Waals surface area contributed by atoms with Gasteiger partial charge in [-0.1, -0.05) is 56.0 Å². The molecule has 0 atom stereocenters. The topological polar surface area (TPSA) is 57.8 Å². The van der Waals surface area contributed by atoms with Gasteiger partial charge in [0.05, 0.1) is 5.69 Å². The predicted octanol–water partition coefficient (Wildman–Crippen LogP) is 3.99. The predicted molar refractivity (Wildman–Crippen MR) is 83.8 cm³/mol. The number of hydrogen-bond donors (Lipinski definition) is 2. The van der Waals surface area contributed by atoms with Crippen LogP contribution < -0.4 is 5.32 Å². The maximum atomic E-state index is 11.9. The molecule has 0 aliphatic heterocycles. The van der Waals surface area contributed by atoms with Crippen molar-refractivity contribution in [3.8, 4) is 11.3 Å². The number of H-pyrrole nitrogens is 1. The first-order valence-electron chi connectivity index (χ1n) is 7.72. The summed E-state index contributed by atoms with van der Waals surface area (Å²) in [5, 5.41) is 9.99. The standard InChI is InChI=1S/C17H21N3O/c21-17(11-10-13-6-4-5-7-13)18-16-12-15(19-20-16)14-8-2-1-3-9-14/h1-3,8-9,12-13H,4-7,10-11H2,(H2,18,19,20,21). The molecule has 4 nitrogen and oxygen atoms in total. The fourth-order valence-corrected chi connectivity index (χ4v) is 2.99. The Balaban J connectivity index is 1.53. The normalized spacial score (nSPS) is 15.2.